The van der Waals surface area contributed by atoms with E-state index in [2.05, 4.69) is 10.6 Å². The summed E-state index contributed by atoms with van der Waals surface area (Å²) in [6.07, 6.45) is 0.682. The lowest BCUT2D eigenvalue weighted by atomic mass is 9.98. The van der Waals surface area contributed by atoms with Crippen LogP contribution in [0.15, 0.2) is 103 Å². The van der Waals surface area contributed by atoms with Gasteiger partial charge in [0, 0.05) is 12.2 Å². The van der Waals surface area contributed by atoms with Gasteiger partial charge >= 0.3 is 6.09 Å². The van der Waals surface area contributed by atoms with E-state index >= 15 is 0 Å². The van der Waals surface area contributed by atoms with Crippen molar-refractivity contribution in [2.45, 2.75) is 58.0 Å². The van der Waals surface area contributed by atoms with Gasteiger partial charge in [-0.3, -0.25) is 9.59 Å². The second kappa shape index (κ2) is 13.6. The van der Waals surface area contributed by atoms with Gasteiger partial charge in [-0.25, -0.2) is 4.79 Å². The molecule has 0 aromatic heterocycles. The van der Waals surface area contributed by atoms with Gasteiger partial charge in [-0.2, -0.15) is 0 Å². The van der Waals surface area contributed by atoms with Crippen molar-refractivity contribution in [3.63, 3.8) is 0 Å². The number of nitrogens with two attached hydrogens (primary N) is 1. The number of ether oxygens (including phenoxy) is 1. The van der Waals surface area contributed by atoms with Crippen LogP contribution >= 0.6 is 0 Å². The highest BCUT2D eigenvalue weighted by molar-refractivity contribution is 6.01. The van der Waals surface area contributed by atoms with Crippen molar-refractivity contribution in [2.24, 2.45) is 5.73 Å². The first kappa shape index (κ1) is 30.5. The Morgan fingerprint density at radius 2 is 1.57 bits per heavy atom. The molecule has 0 saturated heterocycles. The lowest BCUT2D eigenvalue weighted by Gasteiger charge is -2.28. The largest absolute Gasteiger partial charge is 0.445 e. The molecule has 0 saturated carbocycles. The zero-order valence-corrected chi connectivity index (χ0v) is 25.1. The van der Waals surface area contributed by atoms with E-state index in [1.807, 2.05) is 103 Å². The van der Waals surface area contributed by atoms with Crippen LogP contribution in [0.3, 0.4) is 0 Å². The molecule has 44 heavy (non-hydrogen) atoms. The Morgan fingerprint density at radius 3 is 2.32 bits per heavy atom. The Bertz CT molecular complexity index is 1610. The van der Waals surface area contributed by atoms with Gasteiger partial charge in [-0.15, -0.1) is 0 Å². The van der Waals surface area contributed by atoms with E-state index in [9.17, 15) is 14.4 Å². The molecule has 8 heteroatoms. The second-order valence-corrected chi connectivity index (χ2v) is 11.6. The third-order valence-corrected chi connectivity index (χ3v) is 7.70. The molecule has 1 atom stereocenters. The minimum atomic E-state index is -1.09. The highest BCUT2D eigenvalue weighted by Gasteiger charge is 2.34. The highest BCUT2D eigenvalue weighted by Crippen LogP contribution is 2.30. The number of benzene rings is 4. The number of aryl methyl sites for hydroxylation is 1. The number of fused-ring (bicyclic) bond motifs is 1. The fraction of sp³-hybridized carbons (Fsp3) is 0.250. The van der Waals surface area contributed by atoms with Crippen LogP contribution in [-0.4, -0.2) is 29.5 Å². The summed E-state index contributed by atoms with van der Waals surface area (Å²) in [7, 11) is 0. The maximum atomic E-state index is 13.8. The van der Waals surface area contributed by atoms with Gasteiger partial charge in [0.05, 0.1) is 12.1 Å². The van der Waals surface area contributed by atoms with E-state index in [1.165, 1.54) is 0 Å². The maximum Gasteiger partial charge on any atom is 0.407 e. The number of nitrogens with one attached hydrogen (secondary N) is 2. The van der Waals surface area contributed by atoms with Crippen LogP contribution in [0.1, 0.15) is 42.5 Å². The number of alkyl carbamates (subject to hydrolysis) is 1. The molecule has 5 rings (SSSR count). The standard InChI is InChI=1S/C36H38N4O4/c1-36(2,37)34(42)39-31-21-20-28-12-7-9-15-32(28)40(33(31)41)23-25-16-18-27(19-17-25)30-14-8-6-13-29(30)22-38-35(43)44-24-26-10-4-3-5-11-26/h3-19,31H,20-24,37H2,1-2H3,(H,38,43)(H,39,42)/t31-/m1/s1. The van der Waals surface area contributed by atoms with E-state index in [0.29, 0.717) is 25.9 Å². The molecule has 4 N–H and O–H groups in total. The van der Waals surface area contributed by atoms with Gasteiger partial charge in [-0.1, -0.05) is 97.1 Å². The SMILES string of the molecule is CC(C)(N)C(=O)N[C@@H]1CCc2ccccc2N(Cc2ccc(-c3ccccc3CNC(=O)OCc3ccccc3)cc2)C1=O. The summed E-state index contributed by atoms with van der Waals surface area (Å²) in [4.78, 5) is 40.6. The summed E-state index contributed by atoms with van der Waals surface area (Å²) in [6.45, 7) is 4.13. The van der Waals surface area contributed by atoms with E-state index < -0.39 is 17.7 Å². The Labute approximate surface area is 258 Å². The first-order chi connectivity index (χ1) is 21.2. The van der Waals surface area contributed by atoms with Gasteiger partial charge in [0.15, 0.2) is 0 Å². The van der Waals surface area contributed by atoms with Gasteiger partial charge in [0.2, 0.25) is 11.8 Å². The van der Waals surface area contributed by atoms with E-state index in [1.54, 1.807) is 18.7 Å². The van der Waals surface area contributed by atoms with E-state index in [0.717, 1.165) is 39.1 Å². The fourth-order valence-electron chi connectivity index (χ4n) is 5.23. The van der Waals surface area contributed by atoms with Crippen molar-refractivity contribution >= 4 is 23.6 Å². The topological polar surface area (TPSA) is 114 Å². The average Bonchev–Trinajstić information content (AvgIpc) is 3.16. The molecular formula is C36H38N4O4. The Kier molecular flexibility index (Phi) is 9.41. The van der Waals surface area contributed by atoms with Crippen molar-refractivity contribution in [1.82, 2.24) is 10.6 Å². The summed E-state index contributed by atoms with van der Waals surface area (Å²) < 4.78 is 5.36. The molecule has 0 unspecified atom stereocenters. The number of rotatable bonds is 9. The molecule has 4 aromatic carbocycles. The van der Waals surface area contributed by atoms with Crippen LogP contribution in [0.25, 0.3) is 11.1 Å². The summed E-state index contributed by atoms with van der Waals surface area (Å²) in [5, 5.41) is 5.73. The van der Waals surface area contributed by atoms with Crippen molar-refractivity contribution in [2.75, 3.05) is 4.90 Å². The Morgan fingerprint density at radius 1 is 0.886 bits per heavy atom. The van der Waals surface area contributed by atoms with Crippen LogP contribution in [0.5, 0.6) is 0 Å². The predicted octanol–water partition coefficient (Wildman–Crippen LogP) is 5.48. The van der Waals surface area contributed by atoms with Gasteiger partial charge in [0.25, 0.3) is 0 Å². The normalized spacial score (nSPS) is 14.8. The fourth-order valence-corrected chi connectivity index (χ4v) is 5.23. The second-order valence-electron chi connectivity index (χ2n) is 11.6. The lowest BCUT2D eigenvalue weighted by molar-refractivity contribution is -0.130. The minimum Gasteiger partial charge on any atom is -0.445 e. The molecule has 0 bridgehead atoms. The Balaban J connectivity index is 1.29. The molecule has 1 heterocycles. The first-order valence-corrected chi connectivity index (χ1v) is 14.8. The summed E-state index contributed by atoms with van der Waals surface area (Å²) in [5.74, 6) is -0.518. The number of hydrogen-bond donors (Lipinski definition) is 3. The number of anilines is 1. The van der Waals surface area contributed by atoms with E-state index in [-0.39, 0.29) is 18.4 Å². The number of hydrogen-bond acceptors (Lipinski definition) is 5. The molecule has 0 fully saturated rings. The third kappa shape index (κ3) is 7.51. The summed E-state index contributed by atoms with van der Waals surface area (Å²) >= 11 is 0. The first-order valence-electron chi connectivity index (χ1n) is 14.8. The Hall–Kier alpha value is -4.95. The van der Waals surface area contributed by atoms with E-state index in [4.69, 9.17) is 10.5 Å². The van der Waals surface area contributed by atoms with Crippen LogP contribution in [0, 0.1) is 0 Å². The van der Waals surface area contributed by atoms with Crippen LogP contribution < -0.4 is 21.3 Å². The predicted molar refractivity (Wildman–Crippen MR) is 171 cm³/mol. The number of carbonyl (C=O) groups is 3. The van der Waals surface area contributed by atoms with Crippen LogP contribution in [0.4, 0.5) is 10.5 Å². The lowest BCUT2D eigenvalue weighted by Crippen LogP contribution is -2.56. The minimum absolute atomic E-state index is 0.160. The van der Waals surface area contributed by atoms with Crippen molar-refractivity contribution in [3.05, 3.63) is 125 Å². The molecular weight excluding hydrogens is 552 g/mol. The quantitative estimate of drug-likeness (QED) is 0.239. The molecule has 1 aliphatic heterocycles. The number of nitrogens with zero attached hydrogens (tertiary/aromatic N) is 1. The third-order valence-electron chi connectivity index (χ3n) is 7.70. The van der Waals surface area contributed by atoms with Crippen molar-refractivity contribution < 1.29 is 19.1 Å². The monoisotopic (exact) mass is 590 g/mol. The molecule has 3 amide bonds. The summed E-state index contributed by atoms with van der Waals surface area (Å²) in [5.41, 5.74) is 11.6. The highest BCUT2D eigenvalue weighted by atomic mass is 16.5. The zero-order valence-electron chi connectivity index (χ0n) is 25.1. The number of amides is 3. The molecule has 0 aliphatic carbocycles. The van der Waals surface area contributed by atoms with Crippen LogP contribution in [0.2, 0.25) is 0 Å². The molecule has 0 spiro atoms. The number of para-hydroxylation sites is 1. The maximum absolute atomic E-state index is 13.8. The van der Waals surface area contributed by atoms with Gasteiger partial charge in [0.1, 0.15) is 12.6 Å². The molecule has 0 radical (unpaired) electrons. The smallest absolute Gasteiger partial charge is 0.407 e. The summed E-state index contributed by atoms with van der Waals surface area (Å²) in [6, 6.07) is 32.7. The van der Waals surface area contributed by atoms with Gasteiger partial charge in [-0.05, 0) is 66.1 Å². The van der Waals surface area contributed by atoms with Crippen molar-refractivity contribution in [1.29, 1.82) is 0 Å². The van der Waals surface area contributed by atoms with Crippen LogP contribution in [-0.2, 0) is 40.4 Å². The van der Waals surface area contributed by atoms with Crippen molar-refractivity contribution in [3.8, 4) is 11.1 Å². The molecule has 1 aliphatic rings. The zero-order chi connectivity index (χ0) is 31.1. The molecule has 4 aromatic rings. The van der Waals surface area contributed by atoms with Gasteiger partial charge < -0.3 is 26.0 Å². The molecule has 226 valence electrons. The molecule has 8 nitrogen and oxygen atoms in total. The number of carbonyl (C=O) groups excluding carboxylic acids is 3. The average molecular weight is 591 g/mol.